The normalized spacial score (nSPS) is 12.6. The number of rotatable bonds is 9. The molecule has 118 valence electrons. The van der Waals surface area contributed by atoms with Gasteiger partial charge in [0, 0.05) is 16.3 Å². The molecule has 7 heteroatoms. The summed E-state index contributed by atoms with van der Waals surface area (Å²) < 4.78 is 2.01. The van der Waals surface area contributed by atoms with E-state index < -0.39 is 0 Å². The topological polar surface area (TPSA) is 42.9 Å². The Morgan fingerprint density at radius 2 is 2.00 bits per heavy atom. The van der Waals surface area contributed by atoms with Gasteiger partial charge in [-0.05, 0) is 18.9 Å². The molecule has 1 unspecified atom stereocenters. The maximum atomic E-state index is 11.8. The molecule has 0 amide bonds. The van der Waals surface area contributed by atoms with Crippen LogP contribution in [0.5, 0.6) is 0 Å². The number of thioether (sulfide) groups is 3. The quantitative estimate of drug-likeness (QED) is 0.448. The number of carbonyl (C=O) groups excluding carboxylic acids is 1. The minimum Gasteiger partial charge on any atom is -0.282 e. The fraction of sp³-hybridized carbons (Fsp3) is 0.643. The van der Waals surface area contributed by atoms with Gasteiger partial charge in [0.25, 0.3) is 0 Å². The van der Waals surface area contributed by atoms with Crippen molar-refractivity contribution < 1.29 is 4.79 Å². The van der Waals surface area contributed by atoms with E-state index in [4.69, 9.17) is 0 Å². The molecule has 1 heterocycles. The van der Waals surface area contributed by atoms with Gasteiger partial charge in [-0.3, -0.25) is 4.79 Å². The summed E-state index contributed by atoms with van der Waals surface area (Å²) in [5.41, 5.74) is 0.623. The molecule has 0 bridgehead atoms. The molecule has 21 heavy (non-hydrogen) atoms. The number of carbonyl (C=O) groups is 1. The van der Waals surface area contributed by atoms with E-state index in [9.17, 15) is 4.79 Å². The van der Waals surface area contributed by atoms with Crippen molar-refractivity contribution in [3.63, 3.8) is 0 Å². The van der Waals surface area contributed by atoms with Crippen LogP contribution in [-0.4, -0.2) is 31.6 Å². The molecule has 3 nitrogen and oxygen atoms in total. The summed E-state index contributed by atoms with van der Waals surface area (Å²) in [6.45, 7) is 11.9. The first-order chi connectivity index (χ1) is 9.92. The summed E-state index contributed by atoms with van der Waals surface area (Å²) in [5.74, 6) is 0.887. The summed E-state index contributed by atoms with van der Waals surface area (Å²) in [7, 11) is 0. The van der Waals surface area contributed by atoms with Gasteiger partial charge in [-0.2, -0.15) is 0 Å². The van der Waals surface area contributed by atoms with E-state index in [-0.39, 0.29) is 5.12 Å². The Labute approximate surface area is 144 Å². The van der Waals surface area contributed by atoms with Crippen molar-refractivity contribution in [2.75, 3.05) is 5.75 Å². The third-order valence-electron chi connectivity index (χ3n) is 2.35. The summed E-state index contributed by atoms with van der Waals surface area (Å²) in [4.78, 5) is 11.8. The van der Waals surface area contributed by atoms with Crippen molar-refractivity contribution in [3.05, 3.63) is 12.2 Å². The molecule has 0 aliphatic carbocycles. The zero-order valence-electron chi connectivity index (χ0n) is 12.9. The Kier molecular flexibility index (Phi) is 9.01. The molecule has 1 aromatic heterocycles. The highest BCUT2D eigenvalue weighted by Crippen LogP contribution is 2.33. The van der Waals surface area contributed by atoms with E-state index in [1.807, 2.05) is 0 Å². The average molecular weight is 363 g/mol. The van der Waals surface area contributed by atoms with Gasteiger partial charge in [-0.15, -0.1) is 10.2 Å². The second kappa shape index (κ2) is 9.92. The lowest BCUT2D eigenvalue weighted by Gasteiger charge is -2.13. The van der Waals surface area contributed by atoms with Crippen molar-refractivity contribution in [2.24, 2.45) is 0 Å². The van der Waals surface area contributed by atoms with Crippen LogP contribution in [0.2, 0.25) is 0 Å². The minimum atomic E-state index is 0.0994. The summed E-state index contributed by atoms with van der Waals surface area (Å²) in [6, 6.07) is 0. The number of hydrogen-bond acceptors (Lipinski definition) is 7. The fourth-order valence-corrected chi connectivity index (χ4v) is 5.99. The predicted octanol–water partition coefficient (Wildman–Crippen LogP) is 5.14. The zero-order valence-corrected chi connectivity index (χ0v) is 16.2. The first-order valence-electron chi connectivity index (χ1n) is 6.91. The largest absolute Gasteiger partial charge is 0.282 e. The second-order valence-electron chi connectivity index (χ2n) is 4.91. The first-order valence-corrected chi connectivity index (χ1v) is 10.5. The molecule has 0 aliphatic heterocycles. The van der Waals surface area contributed by atoms with E-state index in [0.29, 0.717) is 16.1 Å². The molecule has 0 N–H and O–H groups in total. The smallest absolute Gasteiger partial charge is 0.214 e. The highest BCUT2D eigenvalue weighted by molar-refractivity contribution is 8.15. The van der Waals surface area contributed by atoms with Crippen LogP contribution in [0.25, 0.3) is 0 Å². The molecule has 0 saturated heterocycles. The van der Waals surface area contributed by atoms with Crippen LogP contribution >= 0.6 is 46.6 Å². The Balaban J connectivity index is 2.50. The molecule has 1 aromatic rings. The monoisotopic (exact) mass is 362 g/mol. The Morgan fingerprint density at radius 3 is 2.57 bits per heavy atom. The number of hydrogen-bond donors (Lipinski definition) is 0. The summed E-state index contributed by atoms with van der Waals surface area (Å²) in [6.07, 6.45) is 2.11. The van der Waals surface area contributed by atoms with Crippen LogP contribution in [-0.2, 0) is 4.79 Å². The van der Waals surface area contributed by atoms with Crippen LogP contribution in [0.1, 0.15) is 40.5 Å². The molecule has 0 aromatic carbocycles. The number of aromatic nitrogens is 2. The van der Waals surface area contributed by atoms with Gasteiger partial charge in [0.05, 0.1) is 0 Å². The Bertz CT molecular complexity index is 473. The van der Waals surface area contributed by atoms with Gasteiger partial charge in [0.2, 0.25) is 5.12 Å². The average Bonchev–Trinajstić information content (AvgIpc) is 2.82. The molecular weight excluding hydrogens is 340 g/mol. The molecule has 1 atom stereocenters. The van der Waals surface area contributed by atoms with Crippen LogP contribution in [0.3, 0.4) is 0 Å². The molecule has 1 rings (SSSR count). The molecule has 0 saturated carbocycles. The van der Waals surface area contributed by atoms with Crippen molar-refractivity contribution in [1.29, 1.82) is 0 Å². The first kappa shape index (κ1) is 19.1. The molecular formula is C14H22N2OS4. The zero-order chi connectivity index (χ0) is 15.8. The molecule has 0 spiro atoms. The fourth-order valence-electron chi connectivity index (χ4n) is 1.42. The number of nitrogens with zero attached hydrogens (tertiary/aromatic N) is 2. The molecule has 0 radical (unpaired) electrons. The lowest BCUT2D eigenvalue weighted by atomic mass is 10.3. The van der Waals surface area contributed by atoms with Crippen LogP contribution in [0.15, 0.2) is 20.8 Å². The standard InChI is InChI=1S/C14H22N2OS4/c1-6-7-11(20-12(17)9(2)3)8-18-13-15-16-14(21-13)19-10(4)5/h10-11H,2,6-8H2,1,3-5H3. The summed E-state index contributed by atoms with van der Waals surface area (Å²) >= 11 is 6.48. The minimum absolute atomic E-state index is 0.0994. The Morgan fingerprint density at radius 1 is 1.33 bits per heavy atom. The highest BCUT2D eigenvalue weighted by Gasteiger charge is 2.16. The van der Waals surface area contributed by atoms with E-state index in [1.54, 1.807) is 41.8 Å². The van der Waals surface area contributed by atoms with E-state index in [0.717, 1.165) is 27.3 Å². The molecule has 0 aliphatic rings. The van der Waals surface area contributed by atoms with E-state index in [1.165, 1.54) is 11.8 Å². The van der Waals surface area contributed by atoms with Crippen molar-refractivity contribution in [1.82, 2.24) is 10.2 Å². The Hall–Kier alpha value is 0.0200. The van der Waals surface area contributed by atoms with Crippen LogP contribution < -0.4 is 0 Å². The van der Waals surface area contributed by atoms with Crippen molar-refractivity contribution in [3.8, 4) is 0 Å². The van der Waals surface area contributed by atoms with Gasteiger partial charge >= 0.3 is 0 Å². The van der Waals surface area contributed by atoms with Crippen LogP contribution in [0, 0.1) is 0 Å². The van der Waals surface area contributed by atoms with Crippen molar-refractivity contribution >= 4 is 51.7 Å². The van der Waals surface area contributed by atoms with Crippen LogP contribution in [0.4, 0.5) is 0 Å². The van der Waals surface area contributed by atoms with E-state index in [2.05, 4.69) is 37.5 Å². The van der Waals surface area contributed by atoms with Crippen molar-refractivity contribution in [2.45, 2.75) is 59.7 Å². The van der Waals surface area contributed by atoms with E-state index >= 15 is 0 Å². The molecule has 0 fully saturated rings. The van der Waals surface area contributed by atoms with Gasteiger partial charge in [-0.1, -0.05) is 80.4 Å². The van der Waals surface area contributed by atoms with Gasteiger partial charge in [0.1, 0.15) is 0 Å². The van der Waals surface area contributed by atoms with Gasteiger partial charge in [-0.25, -0.2) is 0 Å². The highest BCUT2D eigenvalue weighted by atomic mass is 32.2. The predicted molar refractivity (Wildman–Crippen MR) is 97.7 cm³/mol. The maximum Gasteiger partial charge on any atom is 0.214 e. The summed E-state index contributed by atoms with van der Waals surface area (Å²) in [5, 5.41) is 9.34. The SMILES string of the molecule is C=C(C)C(=O)SC(CCC)CSc1nnc(SC(C)C)s1. The van der Waals surface area contributed by atoms with Gasteiger partial charge < -0.3 is 0 Å². The third-order valence-corrected chi connectivity index (χ3v) is 7.17. The lowest BCUT2D eigenvalue weighted by Crippen LogP contribution is -2.10. The maximum absolute atomic E-state index is 11.8. The second-order valence-corrected chi connectivity index (χ2v) is 10.2. The lowest BCUT2D eigenvalue weighted by molar-refractivity contribution is -0.107. The third kappa shape index (κ3) is 7.72. The van der Waals surface area contributed by atoms with Gasteiger partial charge in [0.15, 0.2) is 8.68 Å².